The molecular weight excluding hydrogens is 500 g/mol. The Morgan fingerprint density at radius 2 is 1.00 bits per heavy atom. The van der Waals surface area contributed by atoms with Crippen LogP contribution in [0.15, 0.2) is 145 Å². The molecule has 0 amide bonds. The highest BCUT2D eigenvalue weighted by Crippen LogP contribution is 2.32. The summed E-state index contributed by atoms with van der Waals surface area (Å²) in [6, 6.07) is 27.6. The van der Waals surface area contributed by atoms with Gasteiger partial charge in [-0.15, -0.1) is 0 Å². The topological polar surface area (TPSA) is 43.6 Å². The fourth-order valence-corrected chi connectivity index (χ4v) is 5.11. The molecule has 0 radical (unpaired) electrons. The van der Waals surface area contributed by atoms with E-state index in [1.54, 1.807) is 0 Å². The summed E-state index contributed by atoms with van der Waals surface area (Å²) in [4.78, 5) is 14.3. The lowest BCUT2D eigenvalue weighted by Crippen LogP contribution is -2.06. The lowest BCUT2D eigenvalue weighted by Gasteiger charge is -2.11. The second-order valence-corrected chi connectivity index (χ2v) is 9.57. The van der Waals surface area contributed by atoms with Crippen LogP contribution in [0, 0.1) is 0 Å². The first kappa shape index (κ1) is 16.5. The van der Waals surface area contributed by atoms with Crippen molar-refractivity contribution in [3.8, 4) is 39.9 Å². The van der Waals surface area contributed by atoms with Gasteiger partial charge in [0.1, 0.15) is 0 Å². The van der Waals surface area contributed by atoms with Gasteiger partial charge in [0, 0.05) is 21.9 Å². The smallest absolute Gasteiger partial charge is 0.238 e. The molecule has 0 aliphatic carbocycles. The van der Waals surface area contributed by atoms with Crippen molar-refractivity contribution in [3.63, 3.8) is 0 Å². The molecule has 4 heteroatoms. The van der Waals surface area contributed by atoms with Gasteiger partial charge in [-0.2, -0.15) is 9.97 Å². The van der Waals surface area contributed by atoms with Crippen molar-refractivity contribution in [2.24, 2.45) is 0 Å². The van der Waals surface area contributed by atoms with E-state index in [4.69, 9.17) is 25.9 Å². The van der Waals surface area contributed by atoms with Gasteiger partial charge >= 0.3 is 0 Å². The van der Waals surface area contributed by atoms with E-state index in [0.29, 0.717) is 11.1 Å². The summed E-state index contributed by atoms with van der Waals surface area (Å²) >= 11 is 0. The highest BCUT2D eigenvalue weighted by Gasteiger charge is 2.17. The van der Waals surface area contributed by atoms with E-state index >= 15 is 0 Å². The van der Waals surface area contributed by atoms with Crippen molar-refractivity contribution >= 4 is 32.6 Å². The van der Waals surface area contributed by atoms with E-state index in [2.05, 4.69) is 30.3 Å². The molecule has 0 atom stereocenters. The molecule has 0 N–H and O–H groups in total. The van der Waals surface area contributed by atoms with Crippen LogP contribution < -0.4 is 0 Å². The van der Waals surface area contributed by atoms with Crippen molar-refractivity contribution in [3.05, 3.63) is 145 Å². The van der Waals surface area contributed by atoms with E-state index in [-0.39, 0.29) is 39.4 Å². The predicted octanol–water partition coefficient (Wildman–Crippen LogP) is 9.12. The van der Waals surface area contributed by atoms with E-state index in [0.717, 1.165) is 21.9 Å². The quantitative estimate of drug-likeness (QED) is 0.227. The second kappa shape index (κ2) is 9.54. The molecule has 0 spiro atoms. The first-order chi connectivity index (χ1) is 23.6. The molecule has 0 fully saturated rings. The molecule has 6 aromatic carbocycles. The molecule has 192 valence electrons. The number of hydrogen-bond acceptors (Lipinski definition) is 3. The van der Waals surface area contributed by atoms with Gasteiger partial charge < -0.3 is 0 Å². The summed E-state index contributed by atoms with van der Waals surface area (Å²) in [7, 11) is 0. The van der Waals surface area contributed by atoms with E-state index in [1.807, 2.05) is 66.7 Å². The molecule has 0 unspecified atom stereocenters. The Bertz CT molecular complexity index is 2560. The summed E-state index contributed by atoms with van der Waals surface area (Å²) in [6.07, 6.45) is 0. The highest BCUT2D eigenvalue weighted by atomic mass is 15.2. The molecule has 0 aliphatic heterocycles. The molecule has 0 saturated carbocycles. The van der Waals surface area contributed by atoms with Gasteiger partial charge in [0.05, 0.1) is 22.0 Å². The normalized spacial score (nSPS) is 14.1. The van der Waals surface area contributed by atoms with Gasteiger partial charge in [0.2, 0.25) is 5.95 Å². The van der Waals surface area contributed by atoms with E-state index < -0.39 is 48.3 Å². The fourth-order valence-electron chi connectivity index (χ4n) is 5.11. The Morgan fingerprint density at radius 1 is 0.463 bits per heavy atom. The average Bonchev–Trinajstić information content (AvgIpc) is 3.51. The molecule has 0 bridgehead atoms. The molecular formula is C37H24N4. The van der Waals surface area contributed by atoms with Gasteiger partial charge in [-0.3, -0.25) is 4.57 Å². The molecule has 4 nitrogen and oxygen atoms in total. The van der Waals surface area contributed by atoms with Crippen LogP contribution in [0.5, 0.6) is 0 Å². The minimum absolute atomic E-state index is 0.0454. The monoisotopic (exact) mass is 532 g/mol. The number of para-hydroxylation sites is 2. The number of hydrogen-bond donors (Lipinski definition) is 0. The van der Waals surface area contributed by atoms with Crippen molar-refractivity contribution in [1.82, 2.24) is 19.5 Å². The first-order valence-corrected chi connectivity index (χ1v) is 13.1. The standard InChI is InChI=1S/C37H24N4/c1-2-11-27(12-3-1)35-38-36(28-21-18-26(19-22-28)30-23-20-25-10-4-5-13-29(25)24-30)40-37(39-35)41-33-16-8-6-14-31(33)32-15-7-9-17-34(32)41/h1-24H/i6D,7D,8D,9D,14D,15D,16D,17D. The Hall–Kier alpha value is -5.61. The SMILES string of the molecule is [2H]c1c([2H])c([2H])c2c(c1[2H])c1c([2H])c([2H])c([2H])c([2H])c1n2-c1nc(-c2ccccc2)nc(-c2ccc(-c3ccc4ccccc4c3)cc2)n1. The van der Waals surface area contributed by atoms with Crippen LogP contribution in [0.2, 0.25) is 0 Å². The Morgan fingerprint density at radius 3 is 1.68 bits per heavy atom. The van der Waals surface area contributed by atoms with Crippen LogP contribution in [0.1, 0.15) is 11.0 Å². The number of aromatic nitrogens is 4. The molecule has 41 heavy (non-hydrogen) atoms. The van der Waals surface area contributed by atoms with Crippen LogP contribution in [-0.4, -0.2) is 19.5 Å². The van der Waals surface area contributed by atoms with E-state index in [9.17, 15) is 0 Å². The van der Waals surface area contributed by atoms with Crippen LogP contribution in [0.3, 0.4) is 0 Å². The lowest BCUT2D eigenvalue weighted by atomic mass is 10.0. The third kappa shape index (κ3) is 4.05. The number of rotatable bonds is 4. The summed E-state index contributed by atoms with van der Waals surface area (Å²) in [5.74, 6) is 0.485. The zero-order chi connectivity index (χ0) is 34.1. The zero-order valence-electron chi connectivity index (χ0n) is 29.5. The minimum atomic E-state index is -0.517. The third-order valence-electron chi connectivity index (χ3n) is 7.11. The average molecular weight is 533 g/mol. The highest BCUT2D eigenvalue weighted by molar-refractivity contribution is 6.09. The van der Waals surface area contributed by atoms with Gasteiger partial charge in [0.25, 0.3) is 0 Å². The first-order valence-electron chi connectivity index (χ1n) is 17.1. The number of benzene rings is 6. The van der Waals surface area contributed by atoms with E-state index in [1.165, 1.54) is 4.57 Å². The molecule has 0 aliphatic rings. The predicted molar refractivity (Wildman–Crippen MR) is 168 cm³/mol. The van der Waals surface area contributed by atoms with Crippen molar-refractivity contribution in [2.45, 2.75) is 0 Å². The van der Waals surface area contributed by atoms with Crippen LogP contribution in [0.25, 0.3) is 72.4 Å². The van der Waals surface area contributed by atoms with Crippen LogP contribution in [-0.2, 0) is 0 Å². The maximum atomic E-state index is 8.89. The van der Waals surface area contributed by atoms with Crippen molar-refractivity contribution < 1.29 is 11.0 Å². The van der Waals surface area contributed by atoms with Crippen molar-refractivity contribution in [1.29, 1.82) is 0 Å². The van der Waals surface area contributed by atoms with Gasteiger partial charge in [-0.1, -0.05) is 127 Å². The van der Waals surface area contributed by atoms with Gasteiger partial charge in [-0.05, 0) is 40.1 Å². The molecule has 0 saturated heterocycles. The second-order valence-electron chi connectivity index (χ2n) is 9.57. The molecule has 8 rings (SSSR count). The zero-order valence-corrected chi connectivity index (χ0v) is 21.5. The molecule has 8 aromatic rings. The van der Waals surface area contributed by atoms with Gasteiger partial charge in [-0.25, -0.2) is 4.98 Å². The summed E-state index contributed by atoms with van der Waals surface area (Å²) in [5.41, 5.74) is 3.22. The lowest BCUT2D eigenvalue weighted by molar-refractivity contribution is 0.953. The Labute approximate surface area is 248 Å². The van der Waals surface area contributed by atoms with Gasteiger partial charge in [0.15, 0.2) is 11.6 Å². The largest absolute Gasteiger partial charge is 0.278 e. The van der Waals surface area contributed by atoms with Crippen LogP contribution >= 0.6 is 0 Å². The van der Waals surface area contributed by atoms with Crippen LogP contribution in [0.4, 0.5) is 0 Å². The number of fused-ring (bicyclic) bond motifs is 4. The Kier molecular flexibility index (Phi) is 3.84. The number of nitrogens with zero attached hydrogens (tertiary/aromatic N) is 4. The molecule has 2 aromatic heterocycles. The van der Waals surface area contributed by atoms with Crippen molar-refractivity contribution in [2.75, 3.05) is 0 Å². The Balaban J connectivity index is 1.40. The summed E-state index contributed by atoms with van der Waals surface area (Å²) in [6.45, 7) is 0. The molecule has 2 heterocycles. The summed E-state index contributed by atoms with van der Waals surface area (Å²) < 4.78 is 70.2. The third-order valence-corrected chi connectivity index (χ3v) is 7.11. The minimum Gasteiger partial charge on any atom is -0.278 e. The maximum absolute atomic E-state index is 8.89. The maximum Gasteiger partial charge on any atom is 0.238 e. The summed E-state index contributed by atoms with van der Waals surface area (Å²) in [5, 5.41) is 2.18. The fraction of sp³-hybridized carbons (Fsp3) is 0.